The summed E-state index contributed by atoms with van der Waals surface area (Å²) in [7, 11) is 0. The third kappa shape index (κ3) is 6.47. The van der Waals surface area contributed by atoms with Gasteiger partial charge in [-0.3, -0.25) is 0 Å². The zero-order chi connectivity index (χ0) is 43.9. The summed E-state index contributed by atoms with van der Waals surface area (Å²) < 4.78 is 0. The monoisotopic (exact) mass is 839 g/mol. The molecule has 11 aromatic rings. The molecule has 0 saturated heterocycles. The Labute approximate surface area is 387 Å². The quantitative estimate of drug-likeness (QED) is 0.140. The van der Waals surface area contributed by atoms with Gasteiger partial charge >= 0.3 is 0 Å². The molecular formula is C65H45N. The summed E-state index contributed by atoms with van der Waals surface area (Å²) in [6.45, 7) is 0. The summed E-state index contributed by atoms with van der Waals surface area (Å²) in [5.74, 6) is 0. The number of para-hydroxylation sites is 1. The molecule has 0 heterocycles. The maximum absolute atomic E-state index is 2.50. The van der Waals surface area contributed by atoms with Gasteiger partial charge in [-0.2, -0.15) is 0 Å². The molecule has 1 heteroatoms. The number of rotatable bonds is 9. The van der Waals surface area contributed by atoms with Crippen LogP contribution in [0.15, 0.2) is 273 Å². The highest BCUT2D eigenvalue weighted by molar-refractivity contribution is 6.01. The van der Waals surface area contributed by atoms with E-state index in [0.29, 0.717) is 0 Å². The standard InChI is InChI=1S/C65H45N/c1-4-20-46(21-5-1)54-29-12-13-30-56(54)49-42-44-53(45-43-49)66(62-36-17-15-31-58(62)50-40-38-48(39-41-50)57-33-18-23-47-22-10-11-28-55(47)57)63-37-19-35-61-64(63)59-32-14-16-34-60(59)65(61,51-24-6-2-7-25-51)52-26-8-3-9-27-52/h1-45H. The van der Waals surface area contributed by atoms with Crippen LogP contribution in [-0.4, -0.2) is 0 Å². The van der Waals surface area contributed by atoms with Crippen molar-refractivity contribution in [3.63, 3.8) is 0 Å². The van der Waals surface area contributed by atoms with Crippen LogP contribution in [0.25, 0.3) is 66.4 Å². The molecule has 0 aliphatic heterocycles. The van der Waals surface area contributed by atoms with Crippen LogP contribution in [0.4, 0.5) is 17.1 Å². The van der Waals surface area contributed by atoms with Crippen LogP contribution in [-0.2, 0) is 5.41 Å². The molecule has 0 unspecified atom stereocenters. The molecule has 310 valence electrons. The smallest absolute Gasteiger partial charge is 0.0714 e. The molecule has 0 amide bonds. The van der Waals surface area contributed by atoms with E-state index in [4.69, 9.17) is 0 Å². The molecule has 0 saturated carbocycles. The number of fused-ring (bicyclic) bond motifs is 4. The van der Waals surface area contributed by atoms with E-state index in [9.17, 15) is 0 Å². The summed E-state index contributed by atoms with van der Waals surface area (Å²) in [5, 5.41) is 2.50. The Morgan fingerprint density at radius 3 is 1.36 bits per heavy atom. The van der Waals surface area contributed by atoms with Gasteiger partial charge in [0.05, 0.1) is 16.8 Å². The van der Waals surface area contributed by atoms with Crippen molar-refractivity contribution in [2.24, 2.45) is 0 Å². The lowest BCUT2D eigenvalue weighted by Crippen LogP contribution is -2.28. The summed E-state index contributed by atoms with van der Waals surface area (Å²) in [5.41, 5.74) is 19.9. The number of hydrogen-bond donors (Lipinski definition) is 0. The molecule has 0 aromatic heterocycles. The van der Waals surface area contributed by atoms with Crippen molar-refractivity contribution < 1.29 is 0 Å². The van der Waals surface area contributed by atoms with E-state index < -0.39 is 5.41 Å². The molecule has 11 aromatic carbocycles. The summed E-state index contributed by atoms with van der Waals surface area (Å²) in [6.07, 6.45) is 0. The van der Waals surface area contributed by atoms with E-state index in [-0.39, 0.29) is 0 Å². The first-order valence-corrected chi connectivity index (χ1v) is 22.8. The average Bonchev–Trinajstić information content (AvgIpc) is 3.71. The van der Waals surface area contributed by atoms with Crippen molar-refractivity contribution >= 4 is 27.8 Å². The van der Waals surface area contributed by atoms with Crippen LogP contribution in [0, 0.1) is 0 Å². The molecule has 0 N–H and O–H groups in total. The summed E-state index contributed by atoms with van der Waals surface area (Å²) in [4.78, 5) is 2.50. The first-order chi connectivity index (χ1) is 32.8. The minimum atomic E-state index is -0.530. The largest absolute Gasteiger partial charge is 0.309 e. The van der Waals surface area contributed by atoms with Crippen LogP contribution in [0.3, 0.4) is 0 Å². The highest BCUT2D eigenvalue weighted by Crippen LogP contribution is 2.60. The molecule has 12 rings (SSSR count). The molecule has 0 spiro atoms. The molecule has 66 heavy (non-hydrogen) atoms. The van der Waals surface area contributed by atoms with E-state index in [1.54, 1.807) is 0 Å². The second kappa shape index (κ2) is 16.6. The second-order valence-electron chi connectivity index (χ2n) is 17.1. The molecule has 0 bridgehead atoms. The third-order valence-electron chi connectivity index (χ3n) is 13.6. The zero-order valence-corrected chi connectivity index (χ0v) is 36.4. The molecule has 1 aliphatic carbocycles. The van der Waals surface area contributed by atoms with Gasteiger partial charge in [0.25, 0.3) is 0 Å². The first kappa shape index (κ1) is 39.1. The van der Waals surface area contributed by atoms with Crippen molar-refractivity contribution in [1.29, 1.82) is 0 Å². The number of benzene rings is 11. The first-order valence-electron chi connectivity index (χ1n) is 22.8. The van der Waals surface area contributed by atoms with Crippen molar-refractivity contribution in [2.45, 2.75) is 5.41 Å². The highest BCUT2D eigenvalue weighted by atomic mass is 15.1. The van der Waals surface area contributed by atoms with Gasteiger partial charge in [0.15, 0.2) is 0 Å². The van der Waals surface area contributed by atoms with E-state index in [0.717, 1.165) is 28.2 Å². The van der Waals surface area contributed by atoms with E-state index in [2.05, 4.69) is 278 Å². The lowest BCUT2D eigenvalue weighted by atomic mass is 9.68. The lowest BCUT2D eigenvalue weighted by Gasteiger charge is -2.34. The van der Waals surface area contributed by atoms with Crippen LogP contribution < -0.4 is 4.90 Å². The van der Waals surface area contributed by atoms with Gasteiger partial charge in [0, 0.05) is 16.8 Å². The van der Waals surface area contributed by atoms with Gasteiger partial charge in [-0.05, 0) is 102 Å². The maximum Gasteiger partial charge on any atom is 0.0714 e. The molecule has 0 radical (unpaired) electrons. The lowest BCUT2D eigenvalue weighted by molar-refractivity contribution is 0.768. The molecule has 1 aliphatic rings. The van der Waals surface area contributed by atoms with Gasteiger partial charge in [-0.1, -0.05) is 249 Å². The third-order valence-corrected chi connectivity index (χ3v) is 13.6. The van der Waals surface area contributed by atoms with Gasteiger partial charge in [-0.25, -0.2) is 0 Å². The van der Waals surface area contributed by atoms with Gasteiger partial charge in [0.2, 0.25) is 0 Å². The normalized spacial score (nSPS) is 12.4. The Morgan fingerprint density at radius 1 is 0.258 bits per heavy atom. The Balaban J connectivity index is 1.07. The van der Waals surface area contributed by atoms with Crippen molar-refractivity contribution in [2.75, 3.05) is 4.90 Å². The van der Waals surface area contributed by atoms with E-state index >= 15 is 0 Å². The molecular weight excluding hydrogens is 795 g/mol. The minimum Gasteiger partial charge on any atom is -0.309 e. The van der Waals surface area contributed by atoms with Crippen LogP contribution in [0.2, 0.25) is 0 Å². The molecule has 0 atom stereocenters. The Bertz CT molecular complexity index is 3460. The van der Waals surface area contributed by atoms with Crippen molar-refractivity contribution in [3.05, 3.63) is 295 Å². The van der Waals surface area contributed by atoms with Gasteiger partial charge < -0.3 is 4.90 Å². The Kier molecular flexibility index (Phi) is 9.81. The van der Waals surface area contributed by atoms with E-state index in [1.807, 2.05) is 0 Å². The fourth-order valence-electron chi connectivity index (χ4n) is 10.7. The maximum atomic E-state index is 2.50. The SMILES string of the molecule is c1ccc(-c2ccccc2-c2ccc(N(c3ccccc3-c3ccc(-c4cccc5ccccc45)cc3)c3cccc4c3-c3ccccc3C4(c3ccccc3)c3ccccc3)cc2)cc1. The predicted octanol–water partition coefficient (Wildman–Crippen LogP) is 17.3. The fourth-order valence-corrected chi connectivity index (χ4v) is 10.7. The van der Waals surface area contributed by atoms with Gasteiger partial charge in [0.1, 0.15) is 0 Å². The Morgan fingerprint density at radius 2 is 0.682 bits per heavy atom. The van der Waals surface area contributed by atoms with Crippen molar-refractivity contribution in [1.82, 2.24) is 0 Å². The topological polar surface area (TPSA) is 3.24 Å². The van der Waals surface area contributed by atoms with Crippen LogP contribution >= 0.6 is 0 Å². The predicted molar refractivity (Wildman–Crippen MR) is 278 cm³/mol. The minimum absolute atomic E-state index is 0.530. The van der Waals surface area contributed by atoms with Gasteiger partial charge in [-0.15, -0.1) is 0 Å². The molecule has 0 fully saturated rings. The van der Waals surface area contributed by atoms with Crippen LogP contribution in [0.1, 0.15) is 22.3 Å². The van der Waals surface area contributed by atoms with Crippen molar-refractivity contribution in [3.8, 4) is 55.6 Å². The summed E-state index contributed by atoms with van der Waals surface area (Å²) in [6, 6.07) is 100. The highest BCUT2D eigenvalue weighted by Gasteiger charge is 2.47. The molecule has 1 nitrogen and oxygen atoms in total. The Hall–Kier alpha value is -8.52. The average molecular weight is 840 g/mol. The number of nitrogens with zero attached hydrogens (tertiary/aromatic N) is 1. The van der Waals surface area contributed by atoms with E-state index in [1.165, 1.54) is 77.5 Å². The number of hydrogen-bond acceptors (Lipinski definition) is 1. The summed E-state index contributed by atoms with van der Waals surface area (Å²) >= 11 is 0. The fraction of sp³-hybridized carbons (Fsp3) is 0.0154. The zero-order valence-electron chi connectivity index (χ0n) is 36.4. The second-order valence-corrected chi connectivity index (χ2v) is 17.1. The van der Waals surface area contributed by atoms with Crippen LogP contribution in [0.5, 0.6) is 0 Å². The number of anilines is 3.